The molecule has 0 aromatic heterocycles. The fourth-order valence-corrected chi connectivity index (χ4v) is 0. The van der Waals surface area contributed by atoms with E-state index >= 15 is 0 Å². The fourth-order valence-electron chi connectivity index (χ4n) is 0. The van der Waals surface area contributed by atoms with Gasteiger partial charge in [-0.05, 0) is 0 Å². The van der Waals surface area contributed by atoms with E-state index in [1.54, 1.807) is 0 Å². The molecular formula is H6Cl2N2Pt2. The summed E-state index contributed by atoms with van der Waals surface area (Å²) in [6.45, 7) is 0. The van der Waals surface area contributed by atoms with E-state index in [1.807, 2.05) is 0 Å². The van der Waals surface area contributed by atoms with E-state index in [9.17, 15) is 0 Å². The SMILES string of the molecule is N.N.[Cl][Pt][Cl].[Pt]. The van der Waals surface area contributed by atoms with Gasteiger partial charge in [-0.15, -0.1) is 0 Å². The molecule has 50 valence electrons. The van der Waals surface area contributed by atoms with Crippen molar-refractivity contribution >= 4 is 18.8 Å². The monoisotopic (exact) mass is 494 g/mol. The van der Waals surface area contributed by atoms with Gasteiger partial charge in [-0.3, -0.25) is 0 Å². The van der Waals surface area contributed by atoms with Crippen LogP contribution in [0.3, 0.4) is 0 Å². The van der Waals surface area contributed by atoms with Crippen LogP contribution in [0, 0.1) is 0 Å². The molecule has 0 saturated heterocycles. The molecule has 0 bridgehead atoms. The average Bonchev–Trinajstić information content (AvgIpc) is 0.918. The van der Waals surface area contributed by atoms with Crippen molar-refractivity contribution in [1.82, 2.24) is 12.3 Å². The van der Waals surface area contributed by atoms with Crippen LogP contribution < -0.4 is 12.3 Å². The molecule has 0 atom stereocenters. The minimum atomic E-state index is -0.472. The molecule has 6 heteroatoms. The number of rotatable bonds is 0. The molecule has 0 saturated carbocycles. The number of halogens is 2. The zero-order valence-corrected chi connectivity index (χ0v) is 8.86. The zero-order valence-electron chi connectivity index (χ0n) is 2.80. The Labute approximate surface area is 68.2 Å². The molecule has 0 aliphatic heterocycles. The Morgan fingerprint density at radius 2 is 1.00 bits per heavy atom. The van der Waals surface area contributed by atoms with Crippen LogP contribution in [0.2, 0.25) is 0 Å². The first kappa shape index (κ1) is 24.8. The molecule has 6 N–H and O–H groups in total. The van der Waals surface area contributed by atoms with Gasteiger partial charge in [0.1, 0.15) is 0 Å². The van der Waals surface area contributed by atoms with Gasteiger partial charge in [-0.25, -0.2) is 0 Å². The molecule has 0 aliphatic rings. The van der Waals surface area contributed by atoms with Crippen LogP contribution in [-0.4, -0.2) is 0 Å². The van der Waals surface area contributed by atoms with Crippen LogP contribution in [0.1, 0.15) is 0 Å². The van der Waals surface area contributed by atoms with Crippen molar-refractivity contribution < 1.29 is 37.5 Å². The first-order chi connectivity index (χ1) is 1.41. The van der Waals surface area contributed by atoms with Gasteiger partial charge in [0, 0.05) is 21.1 Å². The molecule has 0 aliphatic carbocycles. The summed E-state index contributed by atoms with van der Waals surface area (Å²) in [5.74, 6) is 0. The molecule has 0 fully saturated rings. The molecule has 0 aromatic carbocycles. The third-order valence-electron chi connectivity index (χ3n) is 0. The molecular weight excluding hydrogens is 489 g/mol. The van der Waals surface area contributed by atoms with Crippen LogP contribution in [0.4, 0.5) is 0 Å². The van der Waals surface area contributed by atoms with Crippen LogP contribution in [-0.2, 0) is 37.5 Å². The van der Waals surface area contributed by atoms with E-state index in [-0.39, 0.29) is 33.4 Å². The molecule has 0 radical (unpaired) electrons. The Bertz CT molecular complexity index is 9.51. The van der Waals surface area contributed by atoms with E-state index in [4.69, 9.17) is 18.8 Å². The van der Waals surface area contributed by atoms with E-state index in [0.29, 0.717) is 0 Å². The van der Waals surface area contributed by atoms with E-state index in [1.165, 1.54) is 0 Å². The largest absolute Gasteiger partial charge is 0 e. The Balaban J connectivity index is -0.00000000667. The smallest absolute Gasteiger partial charge is 0 e. The maximum absolute atomic E-state index is 4.88. The van der Waals surface area contributed by atoms with Crippen molar-refractivity contribution in [3.8, 4) is 0 Å². The first-order valence-electron chi connectivity index (χ1n) is 0.239. The minimum Gasteiger partial charge on any atom is 0 e. The van der Waals surface area contributed by atoms with Gasteiger partial charge in [-0.2, -0.15) is 0 Å². The Morgan fingerprint density at radius 1 is 1.00 bits per heavy atom. The summed E-state index contributed by atoms with van der Waals surface area (Å²) >= 11 is -0.472. The van der Waals surface area contributed by atoms with E-state index in [2.05, 4.69) is 0 Å². The topological polar surface area (TPSA) is 70.0 Å². The molecule has 6 heavy (non-hydrogen) atoms. The number of hydrogen-bond donors (Lipinski definition) is 2. The summed E-state index contributed by atoms with van der Waals surface area (Å²) in [5.41, 5.74) is 0. The summed E-state index contributed by atoms with van der Waals surface area (Å²) in [6.07, 6.45) is 0. The average molecular weight is 495 g/mol. The third-order valence-corrected chi connectivity index (χ3v) is 0. The Kier molecular flexibility index (Phi) is 119. The molecule has 0 spiro atoms. The van der Waals surface area contributed by atoms with E-state index < -0.39 is 16.5 Å². The first-order valence-corrected chi connectivity index (χ1v) is 5.87. The fraction of sp³-hybridized carbons (Fsp3) is 0. The molecule has 0 aromatic rings. The number of hydrogen-bond acceptors (Lipinski definition) is 2. The van der Waals surface area contributed by atoms with Crippen molar-refractivity contribution in [2.75, 3.05) is 0 Å². The maximum atomic E-state index is 4.88. The van der Waals surface area contributed by atoms with Crippen LogP contribution >= 0.6 is 18.8 Å². The summed E-state index contributed by atoms with van der Waals surface area (Å²) in [6, 6.07) is 0. The Morgan fingerprint density at radius 3 is 1.00 bits per heavy atom. The van der Waals surface area contributed by atoms with Crippen molar-refractivity contribution in [3.63, 3.8) is 0 Å². The van der Waals surface area contributed by atoms with Crippen molar-refractivity contribution in [1.29, 1.82) is 0 Å². The van der Waals surface area contributed by atoms with Gasteiger partial charge in [0.15, 0.2) is 0 Å². The van der Waals surface area contributed by atoms with Gasteiger partial charge in [-0.1, -0.05) is 0 Å². The van der Waals surface area contributed by atoms with Gasteiger partial charge in [0.05, 0.1) is 0 Å². The molecule has 2 nitrogen and oxygen atoms in total. The van der Waals surface area contributed by atoms with Gasteiger partial charge >= 0.3 is 35.3 Å². The third kappa shape index (κ3) is 39.7. The van der Waals surface area contributed by atoms with Gasteiger partial charge in [0.2, 0.25) is 0 Å². The van der Waals surface area contributed by atoms with Crippen molar-refractivity contribution in [2.45, 2.75) is 0 Å². The van der Waals surface area contributed by atoms with Gasteiger partial charge < -0.3 is 12.3 Å². The summed E-state index contributed by atoms with van der Waals surface area (Å²) in [4.78, 5) is 0. The van der Waals surface area contributed by atoms with Crippen LogP contribution in [0.25, 0.3) is 0 Å². The normalized spacial score (nSPS) is 3.67. The summed E-state index contributed by atoms with van der Waals surface area (Å²) in [5, 5.41) is 0. The van der Waals surface area contributed by atoms with Crippen molar-refractivity contribution in [3.05, 3.63) is 0 Å². The molecule has 0 unspecified atom stereocenters. The van der Waals surface area contributed by atoms with Crippen LogP contribution in [0.5, 0.6) is 0 Å². The minimum absolute atomic E-state index is 0. The second-order valence-corrected chi connectivity index (χ2v) is 3.33. The standard InChI is InChI=1S/2ClH.2H3N.2Pt/h2*1H;2*1H3;;/q;;;;;+2/p-2. The molecule has 0 heterocycles. The Hall–Kier alpha value is 1.88. The quantitative estimate of drug-likeness (QED) is 0.538. The van der Waals surface area contributed by atoms with Crippen LogP contribution in [0.15, 0.2) is 0 Å². The summed E-state index contributed by atoms with van der Waals surface area (Å²) in [7, 11) is 9.75. The second kappa shape index (κ2) is 28.7. The predicted molar refractivity (Wildman–Crippen MR) is 21.8 cm³/mol. The maximum Gasteiger partial charge on any atom is 0 e. The second-order valence-electron chi connectivity index (χ2n) is 0.0452. The molecule has 0 rings (SSSR count). The van der Waals surface area contributed by atoms with Gasteiger partial charge in [0.25, 0.3) is 0 Å². The zero-order chi connectivity index (χ0) is 2.71. The predicted octanol–water partition coefficient (Wildman–Crippen LogP) is 1.70. The van der Waals surface area contributed by atoms with Crippen molar-refractivity contribution in [2.24, 2.45) is 0 Å². The van der Waals surface area contributed by atoms with E-state index in [0.717, 1.165) is 0 Å². The summed E-state index contributed by atoms with van der Waals surface area (Å²) < 4.78 is 0. The molecule has 0 amide bonds.